The van der Waals surface area contributed by atoms with E-state index >= 15 is 0 Å². The molecular formula is C18H16F3N3O5S2. The van der Waals surface area contributed by atoms with Crippen LogP contribution in [0.2, 0.25) is 0 Å². The molecule has 3 aromatic rings. The van der Waals surface area contributed by atoms with Gasteiger partial charge >= 0.3 is 5.92 Å². The SMILES string of the molecule is O=c1[nH]ccc2cc(F)c(NS(=O)(=O)c3ccc(N4C[C@@H](O)C(F)(F)[C@H](O)C4)s3)cc12. The number of H-pyrrole nitrogens is 1. The number of piperidine rings is 1. The summed E-state index contributed by atoms with van der Waals surface area (Å²) < 4.78 is 68.9. The van der Waals surface area contributed by atoms with E-state index in [1.165, 1.54) is 29.3 Å². The Labute approximate surface area is 177 Å². The molecule has 1 aliphatic rings. The van der Waals surface area contributed by atoms with Crippen LogP contribution in [0.15, 0.2) is 45.5 Å². The summed E-state index contributed by atoms with van der Waals surface area (Å²) in [4.78, 5) is 15.6. The molecule has 1 fully saturated rings. The maximum absolute atomic E-state index is 14.4. The van der Waals surface area contributed by atoms with Gasteiger partial charge in [0.05, 0.1) is 23.8 Å². The average Bonchev–Trinajstić information content (AvgIpc) is 3.18. The third-order valence-corrected chi connectivity index (χ3v) is 7.93. The highest BCUT2D eigenvalue weighted by Crippen LogP contribution is 2.36. The monoisotopic (exact) mass is 475 g/mol. The van der Waals surface area contributed by atoms with Gasteiger partial charge in [-0.2, -0.15) is 0 Å². The lowest BCUT2D eigenvalue weighted by Gasteiger charge is -2.39. The summed E-state index contributed by atoms with van der Waals surface area (Å²) in [5.74, 6) is -4.56. The van der Waals surface area contributed by atoms with E-state index in [-0.39, 0.29) is 14.6 Å². The fourth-order valence-corrected chi connectivity index (χ4v) is 5.61. The molecule has 0 saturated carbocycles. The third kappa shape index (κ3) is 3.89. The van der Waals surface area contributed by atoms with Crippen molar-refractivity contribution in [2.24, 2.45) is 0 Å². The van der Waals surface area contributed by atoms with Crippen LogP contribution in [0, 0.1) is 5.82 Å². The second kappa shape index (κ2) is 7.51. The van der Waals surface area contributed by atoms with Gasteiger partial charge in [-0.3, -0.25) is 9.52 Å². The maximum atomic E-state index is 14.4. The molecule has 0 radical (unpaired) electrons. The van der Waals surface area contributed by atoms with Crippen LogP contribution < -0.4 is 15.2 Å². The van der Waals surface area contributed by atoms with Crippen LogP contribution in [-0.2, 0) is 10.0 Å². The van der Waals surface area contributed by atoms with E-state index in [9.17, 15) is 36.6 Å². The zero-order valence-corrected chi connectivity index (χ0v) is 17.2. The summed E-state index contributed by atoms with van der Waals surface area (Å²) in [5.41, 5.74) is -0.946. The zero-order chi connectivity index (χ0) is 22.6. The lowest BCUT2D eigenvalue weighted by atomic mass is 10.0. The molecule has 3 heterocycles. The topological polar surface area (TPSA) is 123 Å². The number of anilines is 2. The van der Waals surface area contributed by atoms with E-state index in [0.717, 1.165) is 12.1 Å². The number of hydrogen-bond donors (Lipinski definition) is 4. The van der Waals surface area contributed by atoms with Gasteiger partial charge in [0.25, 0.3) is 15.6 Å². The van der Waals surface area contributed by atoms with Gasteiger partial charge in [-0.05, 0) is 35.7 Å². The first-order valence-electron chi connectivity index (χ1n) is 8.91. The number of nitrogens with zero attached hydrogens (tertiary/aromatic N) is 1. The number of thiophene rings is 1. The minimum absolute atomic E-state index is 0.0886. The summed E-state index contributed by atoms with van der Waals surface area (Å²) in [6.45, 7) is -1.00. The van der Waals surface area contributed by atoms with Crippen molar-refractivity contribution >= 4 is 42.8 Å². The van der Waals surface area contributed by atoms with Gasteiger partial charge in [-0.1, -0.05) is 0 Å². The summed E-state index contributed by atoms with van der Waals surface area (Å²) in [7, 11) is -4.27. The number of halogens is 3. The Hall–Kier alpha value is -2.61. The van der Waals surface area contributed by atoms with Crippen LogP contribution in [0.5, 0.6) is 0 Å². The van der Waals surface area contributed by atoms with Crippen molar-refractivity contribution < 1.29 is 31.8 Å². The van der Waals surface area contributed by atoms with Crippen molar-refractivity contribution in [3.05, 3.63) is 52.7 Å². The van der Waals surface area contributed by atoms with Gasteiger partial charge in [-0.15, -0.1) is 11.3 Å². The van der Waals surface area contributed by atoms with Crippen molar-refractivity contribution in [2.45, 2.75) is 22.3 Å². The average molecular weight is 475 g/mol. The molecule has 0 bridgehead atoms. The fraction of sp³-hybridized carbons (Fsp3) is 0.278. The van der Waals surface area contributed by atoms with Crippen molar-refractivity contribution in [1.29, 1.82) is 0 Å². The van der Waals surface area contributed by atoms with Crippen LogP contribution in [0.3, 0.4) is 0 Å². The number of sulfonamides is 1. The number of benzene rings is 1. The minimum atomic E-state index is -4.27. The van der Waals surface area contributed by atoms with Crippen molar-refractivity contribution in [3.8, 4) is 0 Å². The Morgan fingerprint density at radius 2 is 1.84 bits per heavy atom. The van der Waals surface area contributed by atoms with Crippen LogP contribution in [-0.4, -0.2) is 54.8 Å². The van der Waals surface area contributed by atoms with Gasteiger partial charge in [-0.25, -0.2) is 21.6 Å². The van der Waals surface area contributed by atoms with Crippen LogP contribution in [0.1, 0.15) is 0 Å². The third-order valence-electron chi connectivity index (χ3n) is 4.92. The van der Waals surface area contributed by atoms with Gasteiger partial charge in [0, 0.05) is 11.6 Å². The Kier molecular flexibility index (Phi) is 5.24. The molecule has 13 heteroatoms. The smallest absolute Gasteiger partial charge is 0.302 e. The van der Waals surface area contributed by atoms with Crippen molar-refractivity contribution in [3.63, 3.8) is 0 Å². The molecule has 31 heavy (non-hydrogen) atoms. The molecule has 2 aromatic heterocycles. The molecule has 4 N–H and O–H groups in total. The summed E-state index contributed by atoms with van der Waals surface area (Å²) in [6, 6.07) is 6.10. The molecule has 0 spiro atoms. The molecule has 0 unspecified atom stereocenters. The number of β-amino-alcohol motifs (C(OH)–C–C–N with tert-alkyl or cyclic N) is 2. The number of rotatable bonds is 4. The van der Waals surface area contributed by atoms with Crippen LogP contribution in [0.4, 0.5) is 23.9 Å². The molecule has 0 amide bonds. The molecule has 8 nitrogen and oxygen atoms in total. The van der Waals surface area contributed by atoms with E-state index in [1.807, 2.05) is 0 Å². The zero-order valence-electron chi connectivity index (χ0n) is 15.5. The first-order valence-corrected chi connectivity index (χ1v) is 11.2. The molecule has 1 aromatic carbocycles. The number of nitrogens with one attached hydrogen (secondary N) is 2. The molecule has 166 valence electrons. The van der Waals surface area contributed by atoms with E-state index in [4.69, 9.17) is 0 Å². The Bertz CT molecular complexity index is 1290. The summed E-state index contributed by atoms with van der Waals surface area (Å²) in [6.07, 6.45) is -2.91. The second-order valence-electron chi connectivity index (χ2n) is 7.04. The van der Waals surface area contributed by atoms with Crippen molar-refractivity contribution in [1.82, 2.24) is 4.98 Å². The number of aliphatic hydroxyl groups excluding tert-OH is 2. The number of alkyl halides is 2. The van der Waals surface area contributed by atoms with E-state index in [1.54, 1.807) is 0 Å². The molecule has 1 saturated heterocycles. The fourth-order valence-electron chi connectivity index (χ4n) is 3.24. The first kappa shape index (κ1) is 21.6. The Morgan fingerprint density at radius 3 is 2.52 bits per heavy atom. The highest BCUT2D eigenvalue weighted by molar-refractivity contribution is 7.94. The standard InChI is InChI=1S/C18H16F3N3O5S2/c19-11-5-9-3-4-22-17(27)10(9)6-12(11)23-31(28,29)16-2-1-15(30-16)24-7-13(25)18(20,21)14(26)8-24/h1-6,13-14,23,25-26H,7-8H2,(H,22,27)/t13-,14-/m1/s1. The van der Waals surface area contributed by atoms with Crippen molar-refractivity contribution in [2.75, 3.05) is 22.7 Å². The normalized spacial score (nSPS) is 21.4. The number of hydrogen-bond acceptors (Lipinski definition) is 7. The lowest BCUT2D eigenvalue weighted by Crippen LogP contribution is -2.59. The highest BCUT2D eigenvalue weighted by Gasteiger charge is 2.50. The highest BCUT2D eigenvalue weighted by atomic mass is 32.2. The summed E-state index contributed by atoms with van der Waals surface area (Å²) in [5, 5.41) is 19.8. The second-order valence-corrected chi connectivity index (χ2v) is 10.0. The lowest BCUT2D eigenvalue weighted by molar-refractivity contribution is -0.181. The number of aromatic nitrogens is 1. The predicted octanol–water partition coefficient (Wildman–Crippen LogP) is 1.71. The van der Waals surface area contributed by atoms with Gasteiger partial charge in [0.2, 0.25) is 0 Å². The Balaban J connectivity index is 1.61. The number of pyridine rings is 1. The molecule has 1 aliphatic heterocycles. The van der Waals surface area contributed by atoms with E-state index in [0.29, 0.717) is 16.7 Å². The van der Waals surface area contributed by atoms with E-state index < -0.39 is 58.3 Å². The summed E-state index contributed by atoms with van der Waals surface area (Å²) >= 11 is 0.700. The van der Waals surface area contributed by atoms with E-state index in [2.05, 4.69) is 9.71 Å². The van der Waals surface area contributed by atoms with Gasteiger partial charge in [0.15, 0.2) is 0 Å². The predicted molar refractivity (Wildman–Crippen MR) is 109 cm³/mol. The van der Waals surface area contributed by atoms with Crippen LogP contribution >= 0.6 is 11.3 Å². The molecular weight excluding hydrogens is 459 g/mol. The quantitative estimate of drug-likeness (QED) is 0.456. The maximum Gasteiger partial charge on any atom is 0.302 e. The van der Waals surface area contributed by atoms with Gasteiger partial charge < -0.3 is 20.1 Å². The molecule has 4 rings (SSSR count). The number of aromatic amines is 1. The molecule has 2 atom stereocenters. The molecule has 0 aliphatic carbocycles. The van der Waals surface area contributed by atoms with Crippen LogP contribution in [0.25, 0.3) is 10.8 Å². The largest absolute Gasteiger partial charge is 0.385 e. The minimum Gasteiger partial charge on any atom is -0.385 e. The first-order chi connectivity index (χ1) is 14.5. The van der Waals surface area contributed by atoms with Gasteiger partial charge in [0.1, 0.15) is 22.2 Å². The Morgan fingerprint density at radius 1 is 1.16 bits per heavy atom. The number of aliphatic hydroxyl groups is 2. The number of fused-ring (bicyclic) bond motifs is 1.